The second-order valence-electron chi connectivity index (χ2n) is 6.06. The van der Waals surface area contributed by atoms with Crippen molar-refractivity contribution in [2.45, 2.75) is 39.5 Å². The first kappa shape index (κ1) is 20.9. The number of fused-ring (bicyclic) bond motifs is 1. The maximum atomic E-state index is 11.1. The van der Waals surface area contributed by atoms with Crippen molar-refractivity contribution >= 4 is 44.7 Å². The standard InChI is InChI=1S/C16H22BrClN4O4/c1-5-24-14(25-6-2)11-10(17)9-12(18)20-8-21-13(9)22(11)16(3,4)7-26-15(19)23/h8,14H,5-7H2,1-4H3,(H2,19,23). The van der Waals surface area contributed by atoms with Gasteiger partial charge in [-0.15, -0.1) is 0 Å². The van der Waals surface area contributed by atoms with E-state index in [0.29, 0.717) is 39.6 Å². The van der Waals surface area contributed by atoms with Crippen molar-refractivity contribution in [2.75, 3.05) is 19.8 Å². The Labute approximate surface area is 165 Å². The van der Waals surface area contributed by atoms with Crippen molar-refractivity contribution in [1.82, 2.24) is 14.5 Å². The molecule has 0 unspecified atom stereocenters. The lowest BCUT2D eigenvalue weighted by Crippen LogP contribution is -2.36. The molecule has 0 aliphatic carbocycles. The van der Waals surface area contributed by atoms with Gasteiger partial charge in [-0.05, 0) is 43.6 Å². The molecule has 0 aliphatic heterocycles. The minimum atomic E-state index is -0.853. The first-order chi connectivity index (χ1) is 12.2. The lowest BCUT2D eigenvalue weighted by atomic mass is 10.1. The number of hydrogen-bond donors (Lipinski definition) is 1. The summed E-state index contributed by atoms with van der Waals surface area (Å²) in [6.07, 6.45) is -0.148. The van der Waals surface area contributed by atoms with Crippen LogP contribution in [0.1, 0.15) is 39.7 Å². The predicted molar refractivity (Wildman–Crippen MR) is 101 cm³/mol. The molecule has 2 aromatic heterocycles. The molecule has 0 saturated heterocycles. The fraction of sp³-hybridized carbons (Fsp3) is 0.562. The minimum absolute atomic E-state index is 0.0259. The maximum Gasteiger partial charge on any atom is 0.404 e. The van der Waals surface area contributed by atoms with Gasteiger partial charge >= 0.3 is 6.09 Å². The highest BCUT2D eigenvalue weighted by Gasteiger charge is 2.34. The molecule has 0 spiro atoms. The number of amides is 1. The predicted octanol–water partition coefficient (Wildman–Crippen LogP) is 3.75. The Kier molecular flexibility index (Phi) is 6.84. The van der Waals surface area contributed by atoms with Gasteiger partial charge in [0.2, 0.25) is 0 Å². The molecule has 1 amide bonds. The maximum absolute atomic E-state index is 11.1. The van der Waals surface area contributed by atoms with E-state index >= 15 is 0 Å². The average Bonchev–Trinajstić information content (AvgIpc) is 2.87. The summed E-state index contributed by atoms with van der Waals surface area (Å²) >= 11 is 9.89. The minimum Gasteiger partial charge on any atom is -0.447 e. The van der Waals surface area contributed by atoms with E-state index in [2.05, 4.69) is 25.9 Å². The van der Waals surface area contributed by atoms with E-state index in [0.717, 1.165) is 0 Å². The molecule has 0 saturated carbocycles. The topological polar surface area (TPSA) is 101 Å². The quantitative estimate of drug-likeness (QED) is 0.486. The van der Waals surface area contributed by atoms with Gasteiger partial charge in [0.15, 0.2) is 6.29 Å². The smallest absolute Gasteiger partial charge is 0.404 e. The number of hydrogen-bond acceptors (Lipinski definition) is 6. The molecule has 2 rings (SSSR count). The lowest BCUT2D eigenvalue weighted by Gasteiger charge is -2.31. The van der Waals surface area contributed by atoms with Crippen LogP contribution in [0.15, 0.2) is 10.8 Å². The van der Waals surface area contributed by atoms with E-state index in [4.69, 9.17) is 31.5 Å². The largest absolute Gasteiger partial charge is 0.447 e. The zero-order valence-electron chi connectivity index (χ0n) is 15.1. The Morgan fingerprint density at radius 3 is 2.50 bits per heavy atom. The van der Waals surface area contributed by atoms with Crippen LogP contribution in [0.25, 0.3) is 11.0 Å². The van der Waals surface area contributed by atoms with Crippen molar-refractivity contribution in [3.05, 3.63) is 21.6 Å². The molecule has 0 aliphatic rings. The van der Waals surface area contributed by atoms with E-state index in [9.17, 15) is 4.79 Å². The normalized spacial score (nSPS) is 12.1. The second-order valence-corrected chi connectivity index (χ2v) is 7.21. The van der Waals surface area contributed by atoms with E-state index in [-0.39, 0.29) is 6.61 Å². The third kappa shape index (κ3) is 4.11. The number of aromatic nitrogens is 3. The molecule has 2 heterocycles. The molecule has 0 atom stereocenters. The fourth-order valence-corrected chi connectivity index (χ4v) is 3.76. The van der Waals surface area contributed by atoms with Crippen LogP contribution in [0.2, 0.25) is 5.15 Å². The molecule has 0 bridgehead atoms. The van der Waals surface area contributed by atoms with Gasteiger partial charge in [-0.1, -0.05) is 11.6 Å². The Balaban J connectivity index is 2.74. The third-order valence-electron chi connectivity index (χ3n) is 3.71. The fourth-order valence-electron chi connectivity index (χ4n) is 2.70. The first-order valence-corrected chi connectivity index (χ1v) is 9.27. The summed E-state index contributed by atoms with van der Waals surface area (Å²) in [6.45, 7) is 8.43. The first-order valence-electron chi connectivity index (χ1n) is 8.10. The molecule has 0 radical (unpaired) electrons. The van der Waals surface area contributed by atoms with Gasteiger partial charge in [0.1, 0.15) is 23.7 Å². The molecule has 2 aromatic rings. The van der Waals surface area contributed by atoms with Crippen LogP contribution in [-0.4, -0.2) is 40.4 Å². The molecule has 2 N–H and O–H groups in total. The summed E-state index contributed by atoms with van der Waals surface area (Å²) in [5.41, 5.74) is 5.66. The van der Waals surface area contributed by atoms with Crippen molar-refractivity contribution in [2.24, 2.45) is 5.73 Å². The van der Waals surface area contributed by atoms with Crippen LogP contribution < -0.4 is 5.73 Å². The summed E-state index contributed by atoms with van der Waals surface area (Å²) < 4.78 is 19.2. The van der Waals surface area contributed by atoms with Crippen LogP contribution in [-0.2, 0) is 19.7 Å². The lowest BCUT2D eigenvalue weighted by molar-refractivity contribution is -0.146. The molecule has 26 heavy (non-hydrogen) atoms. The van der Waals surface area contributed by atoms with Crippen LogP contribution in [0.5, 0.6) is 0 Å². The Morgan fingerprint density at radius 2 is 1.96 bits per heavy atom. The molecular weight excluding hydrogens is 428 g/mol. The molecule has 8 nitrogen and oxygen atoms in total. The van der Waals surface area contributed by atoms with Crippen molar-refractivity contribution < 1.29 is 19.0 Å². The number of rotatable bonds is 8. The highest BCUT2D eigenvalue weighted by molar-refractivity contribution is 9.10. The van der Waals surface area contributed by atoms with Crippen LogP contribution in [0, 0.1) is 0 Å². The van der Waals surface area contributed by atoms with Crippen molar-refractivity contribution in [1.29, 1.82) is 0 Å². The molecule has 144 valence electrons. The van der Waals surface area contributed by atoms with Gasteiger partial charge in [0.25, 0.3) is 0 Å². The van der Waals surface area contributed by atoms with Gasteiger partial charge < -0.3 is 24.5 Å². The SMILES string of the molecule is CCOC(OCC)c1c(Br)c2c(Cl)ncnc2n1C(C)(C)COC(N)=O. The summed E-state index contributed by atoms with van der Waals surface area (Å²) in [5.74, 6) is 0. The van der Waals surface area contributed by atoms with Gasteiger partial charge in [-0.25, -0.2) is 14.8 Å². The number of nitrogens with zero attached hydrogens (tertiary/aromatic N) is 3. The summed E-state index contributed by atoms with van der Waals surface area (Å²) in [7, 11) is 0. The Morgan fingerprint density at radius 1 is 1.35 bits per heavy atom. The summed E-state index contributed by atoms with van der Waals surface area (Å²) in [5, 5.41) is 0.918. The summed E-state index contributed by atoms with van der Waals surface area (Å²) in [4.78, 5) is 19.5. The second kappa shape index (κ2) is 8.51. The number of nitrogens with two attached hydrogens (primary N) is 1. The summed E-state index contributed by atoms with van der Waals surface area (Å²) in [6, 6.07) is 0. The number of primary amides is 1. The number of halogens is 2. The van der Waals surface area contributed by atoms with E-state index in [1.807, 2.05) is 32.3 Å². The van der Waals surface area contributed by atoms with E-state index < -0.39 is 17.9 Å². The third-order valence-corrected chi connectivity index (χ3v) is 4.80. The Hall–Kier alpha value is -1.42. The monoisotopic (exact) mass is 448 g/mol. The van der Waals surface area contributed by atoms with Gasteiger partial charge in [0.05, 0.1) is 21.1 Å². The van der Waals surface area contributed by atoms with Crippen LogP contribution in [0.3, 0.4) is 0 Å². The van der Waals surface area contributed by atoms with Crippen molar-refractivity contribution in [3.8, 4) is 0 Å². The average molecular weight is 450 g/mol. The van der Waals surface area contributed by atoms with E-state index in [1.165, 1.54) is 6.33 Å². The molecular formula is C16H22BrClN4O4. The van der Waals surface area contributed by atoms with Crippen molar-refractivity contribution in [3.63, 3.8) is 0 Å². The molecule has 0 fully saturated rings. The van der Waals surface area contributed by atoms with Gasteiger partial charge in [-0.2, -0.15) is 0 Å². The van der Waals surface area contributed by atoms with Gasteiger partial charge in [0, 0.05) is 13.2 Å². The number of carbonyl (C=O) groups excluding carboxylic acids is 1. The van der Waals surface area contributed by atoms with Crippen LogP contribution in [0.4, 0.5) is 4.79 Å². The zero-order valence-corrected chi connectivity index (χ0v) is 17.4. The van der Waals surface area contributed by atoms with E-state index in [1.54, 1.807) is 0 Å². The molecule has 0 aromatic carbocycles. The highest BCUT2D eigenvalue weighted by Crippen LogP contribution is 2.41. The number of ether oxygens (including phenoxy) is 3. The highest BCUT2D eigenvalue weighted by atomic mass is 79.9. The molecule has 10 heteroatoms. The zero-order chi connectivity index (χ0) is 19.5. The van der Waals surface area contributed by atoms with Gasteiger partial charge in [-0.3, -0.25) is 0 Å². The Bertz CT molecular complexity index is 790. The number of carbonyl (C=O) groups is 1. The van der Waals surface area contributed by atoms with Crippen LogP contribution >= 0.6 is 27.5 Å².